The minimum Gasteiger partial charge on any atom is -0.859 e. The van der Waals surface area contributed by atoms with E-state index in [1.165, 1.54) is 12.3 Å². The van der Waals surface area contributed by atoms with Crippen LogP contribution in [0.4, 0.5) is 0 Å². The number of carbonyl (C=O) groups excluding carboxylic acids is 9. The number of nitrogens with one attached hydrogen (secondary N) is 3. The fourth-order valence-electron chi connectivity index (χ4n) is 1.69. The summed E-state index contributed by atoms with van der Waals surface area (Å²) in [4.78, 5) is 104. The van der Waals surface area contributed by atoms with Crippen LogP contribution >= 0.6 is 58.0 Å². The van der Waals surface area contributed by atoms with Crippen LogP contribution in [0.15, 0.2) is 8.83 Å². The molecule has 0 radical (unpaired) electrons. The monoisotopic (exact) mass is 1260 g/mol. The van der Waals surface area contributed by atoms with Crippen LogP contribution in [0, 0.1) is 13.7 Å². The van der Waals surface area contributed by atoms with Crippen molar-refractivity contribution >= 4 is 119 Å². The first-order valence-corrected chi connectivity index (χ1v) is 23.7. The number of aromatic nitrogens is 4. The van der Waals surface area contributed by atoms with Crippen LogP contribution < -0.4 is 146 Å². The molecule has 2 aromatic heterocycles. The zero-order chi connectivity index (χ0) is 69.1. The minimum absolute atomic E-state index is 0. The van der Waals surface area contributed by atoms with Gasteiger partial charge < -0.3 is 52.7 Å². The second kappa shape index (κ2) is 82.7. The smallest absolute Gasteiger partial charge is 0.859 e. The summed E-state index contributed by atoms with van der Waals surface area (Å²) in [6.45, 7) is 4.49. The van der Waals surface area contributed by atoms with Gasteiger partial charge in [-0.1, -0.05) is 42.8 Å². The number of hydrazine groups is 3. The molecule has 0 unspecified atom stereocenters. The molecule has 0 atom stereocenters. The maximum absolute atomic E-state index is 11.0. The van der Waals surface area contributed by atoms with Gasteiger partial charge in [-0.2, -0.15) is 0 Å². The average molecular weight is 1260 g/mol. The van der Waals surface area contributed by atoms with Gasteiger partial charge in [0.25, 0.3) is 5.89 Å². The quantitative estimate of drug-likeness (QED) is 0.0158. The number of carboxylic acids is 1. The third-order valence-corrected chi connectivity index (χ3v) is 3.63. The molecule has 2 heterocycles. The molecule has 29 nitrogen and oxygen atoms in total. The maximum atomic E-state index is 11.0. The standard InChI is InChI=1S/C6H10N2O4.C6H8N2O3.C4H5ClO3.C4H4N2O3.C4H8O2.C4H10O.C3H9OSi.C2H6N2O.2CH2Cl2.2CH4.2K.H4N2.H2O/c1-3-12-6(11)5(10)8-7-4(2)9;1-3-10-6(9)5-8-7-4(2)11-5;1-2-8-4(7)3(5)6;1-2-5-6-3(9-2)4(7)8;1-3-6-4(2)5;1-3-5-4-2;1-5(2,3)4;1-2(5)4-3;2*2-1-3;;;;;1-2;/h3H2,1-2H3,(H,7,9)(H,8,10);3H2,1-2H3;2H2,1H3;1H3,(H,7,8);3H2,1-2H3;3-4H2,1-2H3;1-3H3;3H2,1H3,(H,4,5);2*1H2;2*1H4;;;1-2H2;1H2/q;;;;;;-1;;;;;;2*+1;;/p-1/i2*2D3;;1D3;2D3;;;1D3;;;;;;;;. The normalized spacial score (nSPS) is 11.7. The Morgan fingerprint density at radius 2 is 1.00 bits per heavy atom. The fourth-order valence-corrected chi connectivity index (χ4v) is 1.74. The first-order chi connectivity index (χ1) is 38.0. The molecule has 2 aromatic rings. The van der Waals surface area contributed by atoms with Crippen molar-refractivity contribution in [1.82, 2.24) is 36.7 Å². The van der Waals surface area contributed by atoms with E-state index in [0.29, 0.717) is 0 Å². The number of aryl methyl sites for hydroxylation is 2. The van der Waals surface area contributed by atoms with Crippen molar-refractivity contribution in [2.75, 3.05) is 50.3 Å². The molecule has 0 fully saturated rings. The molecule has 0 spiro atoms. The number of halogens is 5. The van der Waals surface area contributed by atoms with Gasteiger partial charge >= 0.3 is 144 Å². The van der Waals surface area contributed by atoms with E-state index in [4.69, 9.17) is 83.3 Å². The molecule has 430 valence electrons. The van der Waals surface area contributed by atoms with Gasteiger partial charge in [0.05, 0.1) is 37.1 Å². The molecule has 74 heavy (non-hydrogen) atoms. The van der Waals surface area contributed by atoms with E-state index in [1.807, 2.05) is 13.8 Å². The number of carbonyl (C=O) groups is 9. The number of carboxylic acid groups (broad SMARTS) is 1. The summed E-state index contributed by atoms with van der Waals surface area (Å²) >= 11 is 23.7. The van der Waals surface area contributed by atoms with Gasteiger partial charge in [0.1, 0.15) is 5.97 Å². The zero-order valence-electron chi connectivity index (χ0n) is 55.9. The van der Waals surface area contributed by atoms with Crippen LogP contribution in [0.2, 0.25) is 19.6 Å². The topological polar surface area (TPSA) is 469 Å². The second-order valence-corrected chi connectivity index (χ2v) is 15.9. The number of hydrogen-bond donors (Lipinski definition) is 6. The molecular formula is C37H77Cl5K2N10O19Si. The largest absolute Gasteiger partial charge is 1.00 e. The van der Waals surface area contributed by atoms with E-state index in [2.05, 4.69) is 65.7 Å². The molecule has 0 aliphatic heterocycles. The predicted octanol–water partition coefficient (Wildman–Crippen LogP) is -4.76. The molecular weight excluding hydrogens is 1170 g/mol. The average Bonchev–Trinajstić information content (AvgIpc) is 4.08. The van der Waals surface area contributed by atoms with E-state index >= 15 is 0 Å². The molecule has 0 aromatic carbocycles. The number of hydrogen-bond acceptors (Lipinski definition) is 25. The summed E-state index contributed by atoms with van der Waals surface area (Å²) in [5, 5.41) is 21.8. The van der Waals surface area contributed by atoms with Crippen molar-refractivity contribution in [2.45, 2.75) is 110 Å². The molecule has 2 rings (SSSR count). The number of alkyl halides is 4. The summed E-state index contributed by atoms with van der Waals surface area (Å²) in [5.74, 6) is 0.322. The predicted molar refractivity (Wildman–Crippen MR) is 269 cm³/mol. The van der Waals surface area contributed by atoms with E-state index in [0.717, 1.165) is 13.2 Å². The van der Waals surface area contributed by atoms with Gasteiger partial charge in [0.15, 0.2) is 0 Å². The summed E-state index contributed by atoms with van der Waals surface area (Å²) in [6.07, 6.45) is 0. The van der Waals surface area contributed by atoms with Gasteiger partial charge in [-0.05, 0) is 53.1 Å². The van der Waals surface area contributed by atoms with Crippen molar-refractivity contribution < 1.29 is 214 Å². The molecule has 0 saturated carbocycles. The number of ether oxygens (including phenoxy) is 5. The number of amides is 3. The number of nitrogens with two attached hydrogens (primary N) is 3. The molecule has 3 amide bonds. The number of nitrogens with zero attached hydrogens (tertiary/aromatic N) is 4. The molecule has 11 N–H and O–H groups in total. The van der Waals surface area contributed by atoms with Gasteiger partial charge in [0.2, 0.25) is 23.6 Å². The minimum atomic E-state index is -2.89. The van der Waals surface area contributed by atoms with Gasteiger partial charge in [0, 0.05) is 68.0 Å². The van der Waals surface area contributed by atoms with Crippen LogP contribution in [-0.4, -0.2) is 137 Å². The summed E-state index contributed by atoms with van der Waals surface area (Å²) in [5.41, 5.74) is 4.66. The van der Waals surface area contributed by atoms with Crippen molar-refractivity contribution in [3.8, 4) is 0 Å². The second-order valence-electron chi connectivity index (χ2n) is 9.75. The number of rotatable bonds is 9. The van der Waals surface area contributed by atoms with E-state index < -0.39 is 119 Å². The molecule has 0 aliphatic carbocycles. The van der Waals surface area contributed by atoms with Crippen molar-refractivity contribution in [3.63, 3.8) is 0 Å². The first-order valence-electron chi connectivity index (χ1n) is 25.3. The summed E-state index contributed by atoms with van der Waals surface area (Å²) in [7, 11) is -1.86. The third kappa shape index (κ3) is 119. The Kier molecular flexibility index (Phi) is 76.6. The molecule has 0 aliphatic rings. The van der Waals surface area contributed by atoms with Crippen molar-refractivity contribution in [2.24, 2.45) is 17.5 Å². The summed E-state index contributed by atoms with van der Waals surface area (Å²) in [6, 6.07) is 0. The van der Waals surface area contributed by atoms with Crippen LogP contribution in [0.3, 0.4) is 0 Å². The Bertz CT molecular complexity index is 2140. The van der Waals surface area contributed by atoms with Crippen LogP contribution in [0.1, 0.15) is 131 Å². The van der Waals surface area contributed by atoms with Crippen LogP contribution in [0.5, 0.6) is 0 Å². The fraction of sp³-hybridized carbons (Fsp3) is 0.649. The zero-order valence-corrected chi connectivity index (χ0v) is 51.9. The van der Waals surface area contributed by atoms with Gasteiger partial charge in [-0.3, -0.25) is 51.9 Å². The van der Waals surface area contributed by atoms with Crippen molar-refractivity contribution in [3.05, 3.63) is 23.6 Å². The van der Waals surface area contributed by atoms with Crippen LogP contribution in [-0.2, 0) is 57.2 Å². The number of esters is 4. The number of aromatic carboxylic acids is 1. The Balaban J connectivity index is -0.0000000599. The van der Waals surface area contributed by atoms with E-state index in [1.54, 1.807) is 51.3 Å². The molecule has 37 heteroatoms. The Morgan fingerprint density at radius 3 is 1.22 bits per heavy atom. The van der Waals surface area contributed by atoms with E-state index in [9.17, 15) is 53.1 Å². The van der Waals surface area contributed by atoms with Gasteiger partial charge in [-0.25, -0.2) is 20.2 Å². The third-order valence-electron chi connectivity index (χ3n) is 3.48. The Morgan fingerprint density at radius 1 is 0.635 bits per heavy atom. The van der Waals surface area contributed by atoms with Gasteiger partial charge in [-0.15, -0.1) is 66.8 Å². The summed E-state index contributed by atoms with van der Waals surface area (Å²) < 4.78 is 130. The van der Waals surface area contributed by atoms with E-state index in [-0.39, 0.29) is 160 Å². The first kappa shape index (κ1) is 68.5. The molecule has 0 saturated heterocycles. The van der Waals surface area contributed by atoms with Crippen molar-refractivity contribution in [1.29, 1.82) is 0 Å². The molecule has 0 bridgehead atoms. The maximum Gasteiger partial charge on any atom is 1.00 e. The Labute approximate surface area is 566 Å². The van der Waals surface area contributed by atoms with Crippen LogP contribution in [0.25, 0.3) is 0 Å². The Hall–Kier alpha value is -1.59. The SMILES string of the molecule is C.C.CCOC(=O)C(=O)Cl.CCOCC.C[Si](C)(C)[O-].ClCCl.ClCCl.NN.O.[2H]C([2H])([2H])C(=O)NN.[2H]C([2H])([2H])C(=O)NNC(=O)C(=O)OCC.[2H]C([2H])([2H])C(=O)OCC.[2H]C([2H])([2H])c1nnc(C(=O)OCC)o1.[2H]C([2H])([2H])c1nnc(C(=O)[O-])o1.[K+].[K+].